The van der Waals surface area contributed by atoms with Crippen molar-refractivity contribution in [3.63, 3.8) is 0 Å². The van der Waals surface area contributed by atoms with Gasteiger partial charge in [-0.2, -0.15) is 0 Å². The van der Waals surface area contributed by atoms with Crippen LogP contribution in [-0.2, 0) is 14.4 Å². The summed E-state index contributed by atoms with van der Waals surface area (Å²) in [7, 11) is 0. The van der Waals surface area contributed by atoms with Crippen molar-refractivity contribution >= 4 is 17.8 Å². The van der Waals surface area contributed by atoms with Gasteiger partial charge in [-0.05, 0) is 37.3 Å². The molecule has 6 nitrogen and oxygen atoms in total. The normalized spacial score (nSPS) is 29.5. The van der Waals surface area contributed by atoms with E-state index in [1.165, 1.54) is 6.26 Å². The van der Waals surface area contributed by atoms with Crippen molar-refractivity contribution in [2.24, 2.45) is 17.8 Å². The van der Waals surface area contributed by atoms with Crippen LogP contribution in [0.4, 0.5) is 0 Å². The Morgan fingerprint density at radius 1 is 1.36 bits per heavy atom. The minimum atomic E-state index is -1.31. The number of hydrogen-bond acceptors (Lipinski definition) is 5. The highest BCUT2D eigenvalue weighted by Crippen LogP contribution is 2.43. The highest BCUT2D eigenvalue weighted by molar-refractivity contribution is 6.05. The minimum absolute atomic E-state index is 0.274. The Morgan fingerprint density at radius 2 is 2.09 bits per heavy atom. The fourth-order valence-corrected chi connectivity index (χ4v) is 3.68. The lowest BCUT2D eigenvalue weighted by Crippen LogP contribution is -2.38. The molecule has 2 aliphatic rings. The largest absolute Gasteiger partial charge is 0.550 e. The van der Waals surface area contributed by atoms with Crippen LogP contribution in [0.3, 0.4) is 0 Å². The summed E-state index contributed by atoms with van der Waals surface area (Å²) < 4.78 is 5.24. The number of rotatable bonds is 4. The summed E-state index contributed by atoms with van der Waals surface area (Å²) in [6.45, 7) is 2.07. The zero-order valence-electron chi connectivity index (χ0n) is 12.4. The molecule has 0 N–H and O–H groups in total. The summed E-state index contributed by atoms with van der Waals surface area (Å²) in [5.74, 6) is -1.80. The number of hydrogen-bond donors (Lipinski definition) is 0. The molecule has 118 valence electrons. The molecule has 1 aromatic rings. The highest BCUT2D eigenvalue weighted by Gasteiger charge is 2.52. The number of likely N-dealkylation sites (tertiary alicyclic amines) is 1. The molecule has 2 heterocycles. The second kappa shape index (κ2) is 5.59. The van der Waals surface area contributed by atoms with Gasteiger partial charge in [-0.1, -0.05) is 6.92 Å². The molecule has 1 aromatic heterocycles. The Labute approximate surface area is 128 Å². The maximum absolute atomic E-state index is 12.7. The number of carboxylic acids is 1. The molecule has 1 saturated heterocycles. The Hall–Kier alpha value is -2.11. The molecule has 0 bridgehead atoms. The lowest BCUT2D eigenvalue weighted by Gasteiger charge is -2.25. The van der Waals surface area contributed by atoms with Crippen molar-refractivity contribution in [3.05, 3.63) is 24.2 Å². The summed E-state index contributed by atoms with van der Waals surface area (Å²) in [5, 5.41) is 11.0. The lowest BCUT2D eigenvalue weighted by molar-refractivity contribution is -0.306. The van der Waals surface area contributed by atoms with E-state index in [9.17, 15) is 19.5 Å². The van der Waals surface area contributed by atoms with E-state index in [0.29, 0.717) is 24.5 Å². The number of aliphatic carboxylic acids is 1. The number of amides is 2. The van der Waals surface area contributed by atoms with Gasteiger partial charge in [-0.25, -0.2) is 0 Å². The Bertz CT molecular complexity index is 594. The number of carbonyl (C=O) groups excluding carboxylic acids is 3. The average molecular weight is 304 g/mol. The molecule has 0 spiro atoms. The van der Waals surface area contributed by atoms with Gasteiger partial charge in [0.25, 0.3) is 0 Å². The summed E-state index contributed by atoms with van der Waals surface area (Å²) in [4.78, 5) is 37.4. The Morgan fingerprint density at radius 3 is 2.73 bits per heavy atom. The number of imide groups is 1. The number of carbonyl (C=O) groups is 3. The predicted octanol–water partition coefficient (Wildman–Crippen LogP) is 0.882. The van der Waals surface area contributed by atoms with Gasteiger partial charge >= 0.3 is 0 Å². The lowest BCUT2D eigenvalue weighted by atomic mass is 9.76. The summed E-state index contributed by atoms with van der Waals surface area (Å²) in [5.41, 5.74) is 0. The molecular formula is C16H18NO5-. The van der Waals surface area contributed by atoms with Crippen LogP contribution >= 0.6 is 0 Å². The van der Waals surface area contributed by atoms with Crippen molar-refractivity contribution in [2.75, 3.05) is 0 Å². The van der Waals surface area contributed by atoms with Crippen molar-refractivity contribution < 1.29 is 23.9 Å². The molecule has 0 radical (unpaired) electrons. The first-order valence-electron chi connectivity index (χ1n) is 7.59. The molecule has 1 saturated carbocycles. The van der Waals surface area contributed by atoms with Gasteiger partial charge in [-0.15, -0.1) is 0 Å². The van der Waals surface area contributed by atoms with Gasteiger partial charge < -0.3 is 14.3 Å². The number of furan rings is 1. The Kier molecular flexibility index (Phi) is 3.76. The molecule has 1 aliphatic carbocycles. The fourth-order valence-electron chi connectivity index (χ4n) is 3.68. The first-order valence-corrected chi connectivity index (χ1v) is 7.59. The van der Waals surface area contributed by atoms with Gasteiger partial charge in [0.1, 0.15) is 11.8 Å². The monoisotopic (exact) mass is 304 g/mol. The van der Waals surface area contributed by atoms with E-state index >= 15 is 0 Å². The smallest absolute Gasteiger partial charge is 0.233 e. The molecule has 4 unspecified atom stereocenters. The molecule has 6 heteroatoms. The third-order valence-electron chi connectivity index (χ3n) is 4.77. The summed E-state index contributed by atoms with van der Waals surface area (Å²) in [6.07, 6.45) is 3.24. The Balaban J connectivity index is 1.92. The zero-order valence-corrected chi connectivity index (χ0v) is 12.4. The standard InChI is InChI=1S/C16H19NO5/c1-9-4-5-10-11(7-9)16(21)17(15(10)20)12(8-14(18)19)13-3-2-6-22-13/h2-3,6,9-12H,4-5,7-8H2,1H3,(H,18,19)/p-1. The molecule has 3 rings (SSSR count). The van der Waals surface area contributed by atoms with Gasteiger partial charge in [-0.3, -0.25) is 14.5 Å². The van der Waals surface area contributed by atoms with Crippen molar-refractivity contribution in [2.45, 2.75) is 38.6 Å². The van der Waals surface area contributed by atoms with Crippen molar-refractivity contribution in [1.82, 2.24) is 4.90 Å². The maximum Gasteiger partial charge on any atom is 0.233 e. The van der Waals surface area contributed by atoms with Crippen LogP contribution < -0.4 is 5.11 Å². The first-order chi connectivity index (χ1) is 10.5. The minimum Gasteiger partial charge on any atom is -0.550 e. The maximum atomic E-state index is 12.7. The van der Waals surface area contributed by atoms with E-state index < -0.39 is 18.4 Å². The summed E-state index contributed by atoms with van der Waals surface area (Å²) in [6, 6.07) is 2.28. The molecule has 4 atom stereocenters. The van der Waals surface area contributed by atoms with E-state index in [4.69, 9.17) is 4.42 Å². The molecule has 1 aliphatic heterocycles. The van der Waals surface area contributed by atoms with Gasteiger partial charge in [0, 0.05) is 12.4 Å². The van der Waals surface area contributed by atoms with E-state index in [1.807, 2.05) is 0 Å². The van der Waals surface area contributed by atoms with E-state index in [0.717, 1.165) is 11.3 Å². The molecule has 22 heavy (non-hydrogen) atoms. The molecule has 0 aromatic carbocycles. The van der Waals surface area contributed by atoms with Crippen LogP contribution in [0.5, 0.6) is 0 Å². The SMILES string of the molecule is CC1CCC2C(=O)N(C(CC(=O)[O-])c3ccco3)C(=O)C2C1. The second-order valence-electron chi connectivity index (χ2n) is 6.29. The van der Waals surface area contributed by atoms with E-state index in [1.54, 1.807) is 12.1 Å². The van der Waals surface area contributed by atoms with Gasteiger partial charge in [0.15, 0.2) is 0 Å². The van der Waals surface area contributed by atoms with Crippen LogP contribution in [0.1, 0.15) is 44.4 Å². The van der Waals surface area contributed by atoms with Crippen molar-refractivity contribution in [1.29, 1.82) is 0 Å². The van der Waals surface area contributed by atoms with E-state index in [2.05, 4.69) is 6.92 Å². The first kappa shape index (κ1) is 14.8. The third-order valence-corrected chi connectivity index (χ3v) is 4.77. The second-order valence-corrected chi connectivity index (χ2v) is 6.29. The van der Waals surface area contributed by atoms with E-state index in [-0.39, 0.29) is 23.7 Å². The fraction of sp³-hybridized carbons (Fsp3) is 0.562. The van der Waals surface area contributed by atoms with Gasteiger partial charge in [0.05, 0.1) is 18.1 Å². The van der Waals surface area contributed by atoms with Crippen LogP contribution in [0.25, 0.3) is 0 Å². The van der Waals surface area contributed by atoms with Crippen LogP contribution in [0.15, 0.2) is 22.8 Å². The topological polar surface area (TPSA) is 90.7 Å². The number of nitrogens with zero attached hydrogens (tertiary/aromatic N) is 1. The number of carboxylic acid groups (broad SMARTS) is 1. The van der Waals surface area contributed by atoms with Crippen molar-refractivity contribution in [3.8, 4) is 0 Å². The average Bonchev–Trinajstić information content (AvgIpc) is 3.06. The number of fused-ring (bicyclic) bond motifs is 1. The zero-order chi connectivity index (χ0) is 15.9. The molecule has 2 amide bonds. The molecule has 2 fully saturated rings. The predicted molar refractivity (Wildman–Crippen MR) is 72.9 cm³/mol. The van der Waals surface area contributed by atoms with Crippen LogP contribution in [0, 0.1) is 17.8 Å². The van der Waals surface area contributed by atoms with Crippen LogP contribution in [0.2, 0.25) is 0 Å². The molecular weight excluding hydrogens is 286 g/mol. The summed E-state index contributed by atoms with van der Waals surface area (Å²) >= 11 is 0. The van der Waals surface area contributed by atoms with Crippen LogP contribution in [-0.4, -0.2) is 22.7 Å². The van der Waals surface area contributed by atoms with Gasteiger partial charge in [0.2, 0.25) is 11.8 Å². The quantitative estimate of drug-likeness (QED) is 0.770. The highest BCUT2D eigenvalue weighted by atomic mass is 16.4. The third kappa shape index (κ3) is 2.42.